The zero-order chi connectivity index (χ0) is 15.2. The van der Waals surface area contributed by atoms with Crippen LogP contribution in [0.15, 0.2) is 48.5 Å². The smallest absolute Gasteiger partial charge is 0.417 e. The summed E-state index contributed by atoms with van der Waals surface area (Å²) >= 11 is 0. The SMILES string of the molecule is COC(=O)c1ccc(NC(=O)Oc2ccccc2)cc1O. The number of esters is 1. The second kappa shape index (κ2) is 6.42. The lowest BCUT2D eigenvalue weighted by atomic mass is 10.2. The Morgan fingerprint density at radius 1 is 1.10 bits per heavy atom. The van der Waals surface area contributed by atoms with Gasteiger partial charge in [-0.05, 0) is 24.3 Å². The van der Waals surface area contributed by atoms with Crippen LogP contribution in [-0.4, -0.2) is 24.3 Å². The molecule has 2 aromatic carbocycles. The van der Waals surface area contributed by atoms with Gasteiger partial charge >= 0.3 is 12.1 Å². The summed E-state index contributed by atoms with van der Waals surface area (Å²) in [6.07, 6.45) is -0.702. The summed E-state index contributed by atoms with van der Waals surface area (Å²) in [5.74, 6) is -0.560. The van der Waals surface area contributed by atoms with Crippen molar-refractivity contribution in [1.82, 2.24) is 0 Å². The van der Waals surface area contributed by atoms with E-state index in [4.69, 9.17) is 4.74 Å². The lowest BCUT2D eigenvalue weighted by molar-refractivity contribution is 0.0597. The van der Waals surface area contributed by atoms with Gasteiger partial charge in [-0.3, -0.25) is 5.32 Å². The van der Waals surface area contributed by atoms with E-state index in [1.807, 2.05) is 0 Å². The van der Waals surface area contributed by atoms with Gasteiger partial charge in [-0.2, -0.15) is 0 Å². The fraction of sp³-hybridized carbons (Fsp3) is 0.0667. The van der Waals surface area contributed by atoms with Gasteiger partial charge in [0, 0.05) is 11.8 Å². The van der Waals surface area contributed by atoms with E-state index in [1.165, 1.54) is 25.3 Å². The molecule has 2 N–H and O–H groups in total. The van der Waals surface area contributed by atoms with Crippen molar-refractivity contribution in [3.63, 3.8) is 0 Å². The molecule has 2 aromatic rings. The second-order valence-electron chi connectivity index (χ2n) is 4.05. The Hall–Kier alpha value is -3.02. The number of ether oxygens (including phenoxy) is 2. The molecule has 0 saturated heterocycles. The summed E-state index contributed by atoms with van der Waals surface area (Å²) in [7, 11) is 1.21. The number of benzene rings is 2. The fourth-order valence-electron chi connectivity index (χ4n) is 1.63. The first-order chi connectivity index (χ1) is 10.1. The van der Waals surface area contributed by atoms with Crippen LogP contribution in [0.3, 0.4) is 0 Å². The maximum Gasteiger partial charge on any atom is 0.417 e. The van der Waals surface area contributed by atoms with Crippen LogP contribution in [0.4, 0.5) is 10.5 Å². The van der Waals surface area contributed by atoms with Crippen LogP contribution in [0.25, 0.3) is 0 Å². The summed E-state index contributed by atoms with van der Waals surface area (Å²) in [5, 5.41) is 12.1. The molecule has 0 radical (unpaired) electrons. The molecule has 0 atom stereocenters. The molecular formula is C15H13NO5. The average Bonchev–Trinajstić information content (AvgIpc) is 2.47. The van der Waals surface area contributed by atoms with E-state index >= 15 is 0 Å². The quantitative estimate of drug-likeness (QED) is 0.848. The first kappa shape index (κ1) is 14.4. The number of rotatable bonds is 3. The van der Waals surface area contributed by atoms with Crippen molar-refractivity contribution >= 4 is 17.7 Å². The van der Waals surface area contributed by atoms with E-state index in [2.05, 4.69) is 10.1 Å². The normalized spacial score (nSPS) is 9.76. The van der Waals surface area contributed by atoms with E-state index in [0.29, 0.717) is 11.4 Å². The Balaban J connectivity index is 2.05. The van der Waals surface area contributed by atoms with Gasteiger partial charge in [0.25, 0.3) is 0 Å². The first-order valence-electron chi connectivity index (χ1n) is 6.05. The van der Waals surface area contributed by atoms with E-state index in [0.717, 1.165) is 0 Å². The van der Waals surface area contributed by atoms with Crippen molar-refractivity contribution in [2.75, 3.05) is 12.4 Å². The predicted molar refractivity (Wildman–Crippen MR) is 75.5 cm³/mol. The molecule has 0 unspecified atom stereocenters. The van der Waals surface area contributed by atoms with Crippen molar-refractivity contribution in [1.29, 1.82) is 0 Å². The van der Waals surface area contributed by atoms with Crippen LogP contribution >= 0.6 is 0 Å². The molecule has 21 heavy (non-hydrogen) atoms. The Kier molecular flexibility index (Phi) is 4.40. The molecule has 0 aliphatic heterocycles. The van der Waals surface area contributed by atoms with Crippen molar-refractivity contribution in [3.8, 4) is 11.5 Å². The summed E-state index contributed by atoms with van der Waals surface area (Å²) < 4.78 is 9.54. The van der Waals surface area contributed by atoms with Gasteiger partial charge < -0.3 is 14.6 Å². The Morgan fingerprint density at radius 2 is 1.81 bits per heavy atom. The highest BCUT2D eigenvalue weighted by atomic mass is 16.6. The topological polar surface area (TPSA) is 84.9 Å². The molecule has 0 spiro atoms. The molecule has 6 nitrogen and oxygen atoms in total. The molecule has 0 bridgehead atoms. The largest absolute Gasteiger partial charge is 0.507 e. The van der Waals surface area contributed by atoms with Crippen LogP contribution in [0.1, 0.15) is 10.4 Å². The van der Waals surface area contributed by atoms with Crippen LogP contribution in [0.5, 0.6) is 11.5 Å². The number of hydrogen-bond acceptors (Lipinski definition) is 5. The lowest BCUT2D eigenvalue weighted by Gasteiger charge is -2.08. The van der Waals surface area contributed by atoms with Gasteiger partial charge in [0.2, 0.25) is 0 Å². The number of amides is 1. The number of nitrogens with one attached hydrogen (secondary N) is 1. The van der Waals surface area contributed by atoms with Gasteiger partial charge in [0.05, 0.1) is 7.11 Å². The van der Waals surface area contributed by atoms with E-state index < -0.39 is 12.1 Å². The highest BCUT2D eigenvalue weighted by molar-refractivity contribution is 5.94. The number of aromatic hydroxyl groups is 1. The van der Waals surface area contributed by atoms with E-state index in [9.17, 15) is 14.7 Å². The van der Waals surface area contributed by atoms with Crippen molar-refractivity contribution in [2.24, 2.45) is 0 Å². The molecule has 0 heterocycles. The molecule has 0 fully saturated rings. The van der Waals surface area contributed by atoms with Crippen LogP contribution in [-0.2, 0) is 4.74 Å². The fourth-order valence-corrected chi connectivity index (χ4v) is 1.63. The molecule has 1 amide bonds. The number of anilines is 1. The standard InChI is InChI=1S/C15H13NO5/c1-20-14(18)12-8-7-10(9-13(12)17)16-15(19)21-11-5-3-2-4-6-11/h2-9,17H,1H3,(H,16,19). The monoisotopic (exact) mass is 287 g/mol. The zero-order valence-electron chi connectivity index (χ0n) is 11.2. The van der Waals surface area contributed by atoms with Gasteiger partial charge in [0.15, 0.2) is 0 Å². The van der Waals surface area contributed by atoms with Crippen LogP contribution in [0, 0.1) is 0 Å². The van der Waals surface area contributed by atoms with Crippen LogP contribution < -0.4 is 10.1 Å². The maximum absolute atomic E-state index is 11.7. The average molecular weight is 287 g/mol. The van der Waals surface area contributed by atoms with Gasteiger partial charge in [-0.1, -0.05) is 18.2 Å². The lowest BCUT2D eigenvalue weighted by Crippen LogP contribution is -2.16. The minimum absolute atomic E-state index is 0.0134. The Bertz CT molecular complexity index is 654. The van der Waals surface area contributed by atoms with Crippen molar-refractivity contribution in [3.05, 3.63) is 54.1 Å². The van der Waals surface area contributed by atoms with Crippen molar-refractivity contribution in [2.45, 2.75) is 0 Å². The molecule has 6 heteroatoms. The highest BCUT2D eigenvalue weighted by Gasteiger charge is 2.13. The van der Waals surface area contributed by atoms with E-state index in [1.54, 1.807) is 30.3 Å². The number of phenols is 1. The van der Waals surface area contributed by atoms with Gasteiger partial charge in [0.1, 0.15) is 17.1 Å². The summed E-state index contributed by atoms with van der Waals surface area (Å²) in [4.78, 5) is 23.0. The van der Waals surface area contributed by atoms with Gasteiger partial charge in [-0.15, -0.1) is 0 Å². The summed E-state index contributed by atoms with van der Waals surface area (Å²) in [6, 6.07) is 12.6. The molecule has 0 aliphatic rings. The molecule has 0 aromatic heterocycles. The van der Waals surface area contributed by atoms with E-state index in [-0.39, 0.29) is 11.3 Å². The molecule has 108 valence electrons. The number of para-hydroxylation sites is 1. The van der Waals surface area contributed by atoms with Crippen molar-refractivity contribution < 1.29 is 24.2 Å². The number of hydrogen-bond donors (Lipinski definition) is 2. The number of carbonyl (C=O) groups excluding carboxylic acids is 2. The van der Waals surface area contributed by atoms with Crippen LogP contribution in [0.2, 0.25) is 0 Å². The molecule has 0 saturated carbocycles. The minimum Gasteiger partial charge on any atom is -0.507 e. The first-order valence-corrected chi connectivity index (χ1v) is 6.05. The summed E-state index contributed by atoms with van der Waals surface area (Å²) in [6.45, 7) is 0. The zero-order valence-corrected chi connectivity index (χ0v) is 11.2. The maximum atomic E-state index is 11.7. The third kappa shape index (κ3) is 3.73. The number of phenolic OH excluding ortho intramolecular Hbond substituents is 1. The number of methoxy groups -OCH3 is 1. The second-order valence-corrected chi connectivity index (χ2v) is 4.05. The number of carbonyl (C=O) groups is 2. The molecule has 0 aliphatic carbocycles. The summed E-state index contributed by atoms with van der Waals surface area (Å²) in [5.41, 5.74) is 0.306. The third-order valence-electron chi connectivity index (χ3n) is 2.60. The third-order valence-corrected chi connectivity index (χ3v) is 2.60. The van der Waals surface area contributed by atoms with Gasteiger partial charge in [-0.25, -0.2) is 9.59 Å². The molecular weight excluding hydrogens is 274 g/mol. The molecule has 2 rings (SSSR count). The highest BCUT2D eigenvalue weighted by Crippen LogP contribution is 2.23. The predicted octanol–water partition coefficient (Wildman–Crippen LogP) is 2.79. The minimum atomic E-state index is -0.702. The Morgan fingerprint density at radius 3 is 2.43 bits per heavy atom. The Labute approximate surface area is 120 Å².